The molecule has 7 nitrogen and oxygen atoms in total. The van der Waals surface area contributed by atoms with E-state index in [1.54, 1.807) is 0 Å². The zero-order chi connectivity index (χ0) is 15.4. The number of nitro groups is 1. The van der Waals surface area contributed by atoms with Crippen molar-refractivity contribution in [2.24, 2.45) is 0 Å². The van der Waals surface area contributed by atoms with Crippen molar-refractivity contribution in [3.05, 3.63) is 33.9 Å². The first-order chi connectivity index (χ1) is 9.99. The second-order valence-electron chi connectivity index (χ2n) is 5.25. The molecule has 0 aliphatic heterocycles. The van der Waals surface area contributed by atoms with Crippen LogP contribution in [0.25, 0.3) is 0 Å². The molecule has 114 valence electrons. The number of carbonyl (C=O) groups excluding carboxylic acids is 1. The number of benzene rings is 1. The highest BCUT2D eigenvalue weighted by atomic mass is 16.6. The first-order valence-corrected chi connectivity index (χ1v) is 6.95. The lowest BCUT2D eigenvalue weighted by atomic mass is 10.1. The molecule has 0 saturated heterocycles. The molecule has 0 spiro atoms. The zero-order valence-electron chi connectivity index (χ0n) is 11.5. The lowest BCUT2D eigenvalue weighted by Gasteiger charge is -2.21. The normalized spacial score (nSPS) is 22.3. The zero-order valence-corrected chi connectivity index (χ0v) is 11.5. The fourth-order valence-corrected chi connectivity index (χ4v) is 2.53. The van der Waals surface area contributed by atoms with E-state index in [0.29, 0.717) is 12.8 Å². The fourth-order valence-electron chi connectivity index (χ4n) is 2.53. The molecule has 1 aromatic carbocycles. The van der Waals surface area contributed by atoms with E-state index in [2.05, 4.69) is 5.32 Å². The molecule has 2 atom stereocenters. The summed E-state index contributed by atoms with van der Waals surface area (Å²) in [4.78, 5) is 22.0. The summed E-state index contributed by atoms with van der Waals surface area (Å²) < 4.78 is 0. The number of phenols is 1. The fraction of sp³-hybridized carbons (Fsp3) is 0.500. The smallest absolute Gasteiger partial charge is 0.310 e. The van der Waals surface area contributed by atoms with E-state index in [0.717, 1.165) is 31.4 Å². The first kappa shape index (κ1) is 15.2. The van der Waals surface area contributed by atoms with E-state index < -0.39 is 28.4 Å². The number of aromatic hydroxyl groups is 1. The molecule has 0 radical (unpaired) electrons. The molecule has 1 aromatic rings. The molecule has 3 N–H and O–H groups in total. The summed E-state index contributed by atoms with van der Waals surface area (Å²) in [5.41, 5.74) is -0.310. The summed E-state index contributed by atoms with van der Waals surface area (Å²) in [6.45, 7) is 0. The number of aliphatic hydroxyl groups is 1. The lowest BCUT2D eigenvalue weighted by Crippen LogP contribution is -2.42. The van der Waals surface area contributed by atoms with Crippen LogP contribution >= 0.6 is 0 Å². The average molecular weight is 294 g/mol. The number of amides is 1. The molecule has 2 rings (SSSR count). The van der Waals surface area contributed by atoms with Gasteiger partial charge in [-0.3, -0.25) is 14.9 Å². The van der Waals surface area contributed by atoms with Crippen molar-refractivity contribution in [2.45, 2.75) is 44.2 Å². The van der Waals surface area contributed by atoms with Gasteiger partial charge >= 0.3 is 5.69 Å². The Balaban J connectivity index is 2.09. The Hall–Kier alpha value is -2.15. The third-order valence-electron chi connectivity index (χ3n) is 3.73. The van der Waals surface area contributed by atoms with Crippen LogP contribution in [-0.4, -0.2) is 33.2 Å². The van der Waals surface area contributed by atoms with Gasteiger partial charge in [0.15, 0.2) is 5.75 Å². The Bertz CT molecular complexity index is 546. The Morgan fingerprint density at radius 2 is 2.00 bits per heavy atom. The monoisotopic (exact) mass is 294 g/mol. The molecule has 0 bridgehead atoms. The standard InChI is InChI=1S/C14H18N2O5/c17-12-5-3-1-2-4-10(12)15-14(19)9-6-7-11(16(20)21)13(18)8-9/h6-8,10,12,17-18H,1-5H2,(H,15,19). The van der Waals surface area contributed by atoms with E-state index in [1.165, 1.54) is 6.07 Å². The average Bonchev–Trinajstić information content (AvgIpc) is 2.63. The van der Waals surface area contributed by atoms with Gasteiger partial charge in [-0.05, 0) is 25.0 Å². The van der Waals surface area contributed by atoms with Crippen molar-refractivity contribution >= 4 is 11.6 Å². The van der Waals surface area contributed by atoms with E-state index in [4.69, 9.17) is 0 Å². The predicted molar refractivity (Wildman–Crippen MR) is 75.1 cm³/mol. The minimum absolute atomic E-state index is 0.134. The number of aliphatic hydroxyl groups excluding tert-OH is 1. The predicted octanol–water partition coefficient (Wildman–Crippen LogP) is 1.72. The quantitative estimate of drug-likeness (QED) is 0.446. The Morgan fingerprint density at radius 1 is 1.29 bits per heavy atom. The minimum Gasteiger partial charge on any atom is -0.502 e. The molecule has 0 heterocycles. The number of phenolic OH excluding ortho intramolecular Hbond substituents is 1. The van der Waals surface area contributed by atoms with Crippen LogP contribution < -0.4 is 5.32 Å². The summed E-state index contributed by atoms with van der Waals surface area (Å²) in [5, 5.41) is 32.8. The highest BCUT2D eigenvalue weighted by molar-refractivity contribution is 5.95. The van der Waals surface area contributed by atoms with Gasteiger partial charge in [-0.2, -0.15) is 0 Å². The topological polar surface area (TPSA) is 113 Å². The number of nitrogens with one attached hydrogen (secondary N) is 1. The van der Waals surface area contributed by atoms with Gasteiger partial charge in [0.05, 0.1) is 17.1 Å². The van der Waals surface area contributed by atoms with Gasteiger partial charge < -0.3 is 15.5 Å². The molecule has 1 fully saturated rings. The van der Waals surface area contributed by atoms with Crippen LogP contribution in [0.2, 0.25) is 0 Å². The maximum atomic E-state index is 12.1. The Kier molecular flexibility index (Phi) is 4.74. The van der Waals surface area contributed by atoms with Crippen LogP contribution in [0.15, 0.2) is 18.2 Å². The van der Waals surface area contributed by atoms with Crippen LogP contribution in [-0.2, 0) is 0 Å². The summed E-state index contributed by atoms with van der Waals surface area (Å²) in [6, 6.07) is 3.12. The number of carbonyl (C=O) groups is 1. The Labute approximate surface area is 121 Å². The molecular weight excluding hydrogens is 276 g/mol. The molecule has 1 amide bonds. The minimum atomic E-state index is -0.716. The largest absolute Gasteiger partial charge is 0.502 e. The number of hydrogen-bond acceptors (Lipinski definition) is 5. The van der Waals surface area contributed by atoms with Crippen molar-refractivity contribution in [2.75, 3.05) is 0 Å². The maximum absolute atomic E-state index is 12.1. The second kappa shape index (κ2) is 6.53. The van der Waals surface area contributed by atoms with Crippen molar-refractivity contribution < 1.29 is 19.9 Å². The van der Waals surface area contributed by atoms with Gasteiger partial charge in [0.2, 0.25) is 0 Å². The molecule has 21 heavy (non-hydrogen) atoms. The molecule has 2 unspecified atom stereocenters. The number of hydrogen-bond donors (Lipinski definition) is 3. The lowest BCUT2D eigenvalue weighted by molar-refractivity contribution is -0.385. The van der Waals surface area contributed by atoms with Gasteiger partial charge in [-0.1, -0.05) is 19.3 Å². The van der Waals surface area contributed by atoms with E-state index in [9.17, 15) is 25.1 Å². The van der Waals surface area contributed by atoms with Crippen LogP contribution in [0.4, 0.5) is 5.69 Å². The number of rotatable bonds is 3. The number of nitrogens with zero attached hydrogens (tertiary/aromatic N) is 1. The van der Waals surface area contributed by atoms with Gasteiger partial charge in [0.25, 0.3) is 5.91 Å². The van der Waals surface area contributed by atoms with Crippen LogP contribution in [0.3, 0.4) is 0 Å². The molecule has 0 aromatic heterocycles. The second-order valence-corrected chi connectivity index (χ2v) is 5.25. The van der Waals surface area contributed by atoms with Crippen molar-refractivity contribution in [1.29, 1.82) is 0 Å². The van der Waals surface area contributed by atoms with Gasteiger partial charge in [0.1, 0.15) is 0 Å². The Morgan fingerprint density at radius 3 is 2.67 bits per heavy atom. The molecule has 1 aliphatic rings. The van der Waals surface area contributed by atoms with Crippen molar-refractivity contribution in [3.63, 3.8) is 0 Å². The summed E-state index contributed by atoms with van der Waals surface area (Å²) in [7, 11) is 0. The molecule has 1 aliphatic carbocycles. The molecular formula is C14H18N2O5. The van der Waals surface area contributed by atoms with Crippen molar-refractivity contribution in [3.8, 4) is 5.75 Å². The van der Waals surface area contributed by atoms with E-state index >= 15 is 0 Å². The molecule has 1 saturated carbocycles. The summed E-state index contributed by atoms with van der Waals surface area (Å²) in [6.07, 6.45) is 3.67. The highest BCUT2D eigenvalue weighted by Gasteiger charge is 2.24. The van der Waals surface area contributed by atoms with Crippen LogP contribution in [0, 0.1) is 10.1 Å². The highest BCUT2D eigenvalue weighted by Crippen LogP contribution is 2.26. The first-order valence-electron chi connectivity index (χ1n) is 6.95. The van der Waals surface area contributed by atoms with E-state index in [1.807, 2.05) is 0 Å². The molecule has 7 heteroatoms. The van der Waals surface area contributed by atoms with Crippen LogP contribution in [0.1, 0.15) is 42.5 Å². The van der Waals surface area contributed by atoms with Gasteiger partial charge in [-0.15, -0.1) is 0 Å². The SMILES string of the molecule is O=C(NC1CCCCCC1O)c1ccc([N+](=O)[O-])c(O)c1. The third-order valence-corrected chi connectivity index (χ3v) is 3.73. The van der Waals surface area contributed by atoms with Crippen LogP contribution in [0.5, 0.6) is 5.75 Å². The summed E-state index contributed by atoms with van der Waals surface area (Å²) in [5.74, 6) is -1.000. The number of nitro benzene ring substituents is 1. The maximum Gasteiger partial charge on any atom is 0.310 e. The van der Waals surface area contributed by atoms with Gasteiger partial charge in [-0.25, -0.2) is 0 Å². The van der Waals surface area contributed by atoms with Gasteiger partial charge in [0, 0.05) is 11.6 Å². The third kappa shape index (κ3) is 3.69. The van der Waals surface area contributed by atoms with Crippen molar-refractivity contribution in [1.82, 2.24) is 5.32 Å². The van der Waals surface area contributed by atoms with E-state index in [-0.39, 0.29) is 11.6 Å². The summed E-state index contributed by atoms with van der Waals surface area (Å²) >= 11 is 0.